The number of allylic oxidation sites excluding steroid dienone is 7. The SMILES string of the molecule is Cc1sc(CC[C@H](O)/C=C/[C@H]2CCC(O)[C@@H]2O/C=C\COCC(=O)O)cc1Br.Cc1sc(CC[C@H](O)/C=C/[C@H]2CCC(O)[C@@H]2S/C=C\CSCC(=O)O)cc1Br.Cc1sc(OC[C@H](O)/C=C/[C@H]2CCC(O)[C@@H]2C/C=C\CCCC(=O)O)cc1Br.Cc1sc(SC[C@H](O)/C=C/[C@H]2CCC(O)[C@@H]2C/C=C\CCCC(=O)O)cc1Br. The summed E-state index contributed by atoms with van der Waals surface area (Å²) in [5, 5.41) is 119. The molecule has 8 rings (SSSR count). The van der Waals surface area contributed by atoms with Crippen molar-refractivity contribution < 1.29 is 94.7 Å². The number of unbranched alkanes of at least 4 members (excludes halogenated alkanes) is 2. The fraction of sp³-hybridized carbons (Fsp3) is 0.561. The summed E-state index contributed by atoms with van der Waals surface area (Å²) >= 11 is 25.4. The Bertz CT molecular complexity index is 3130. The first-order valence-electron chi connectivity index (χ1n) is 37.8. The van der Waals surface area contributed by atoms with Gasteiger partial charge in [0.2, 0.25) is 0 Å². The maximum absolute atomic E-state index is 10.5. The van der Waals surface area contributed by atoms with Gasteiger partial charge in [0.25, 0.3) is 0 Å². The molecule has 4 aromatic rings. The van der Waals surface area contributed by atoms with Crippen LogP contribution in [0.1, 0.15) is 145 Å². The number of ether oxygens (including phenoxy) is 3. The summed E-state index contributed by atoms with van der Waals surface area (Å²) in [5.74, 6) is -0.914. The van der Waals surface area contributed by atoms with E-state index < -0.39 is 54.4 Å². The summed E-state index contributed by atoms with van der Waals surface area (Å²) in [6.45, 7) is 8.19. The highest BCUT2D eigenvalue weighted by molar-refractivity contribution is 9.11. The number of hydrogen-bond acceptors (Lipinski definition) is 22. The lowest BCUT2D eigenvalue weighted by molar-refractivity contribution is -0.142. The smallest absolute Gasteiger partial charge is 0.329 e. The van der Waals surface area contributed by atoms with Gasteiger partial charge in [-0.3, -0.25) is 14.4 Å². The average Bonchev–Trinajstić information content (AvgIpc) is 1.70. The van der Waals surface area contributed by atoms with Crippen molar-refractivity contribution in [2.75, 3.05) is 37.1 Å². The molecule has 12 N–H and O–H groups in total. The van der Waals surface area contributed by atoms with E-state index >= 15 is 0 Å². The lowest BCUT2D eigenvalue weighted by Gasteiger charge is -2.19. The van der Waals surface area contributed by atoms with Gasteiger partial charge in [-0.25, -0.2) is 4.79 Å². The standard InChI is InChI=1S/C21H29BrO5S.C21H29BrO4S2.C20H27BrO6S.C20H27BrO4S3/c2*1-14-18(22)12-21(28-14)27-13-16(23)10-8-15-9-11-19(24)17(15)6-4-2-3-5-7-20(25)26;2*1-13-17(21)11-16(28-13)7-6-15(22)5-3-14-4-8-18(23)20(14)27-10-2-9-26-12-19(24)25/h2*2,4,8,10,12,15-17,19,23-24H,3,5-7,9,11,13H2,1H3,(H,25,26);2*2-3,5,10-11,14-15,18,20,22-23H,4,6-9,12H2,1H3,(H,24,25)/b2*4-2-,10-8+;2*5-3+,10-2-/t2*15-,16+,17+,19?;2*14-,15+,18?,20+/m0000/s1. The lowest BCUT2D eigenvalue weighted by atomic mass is 9.90. The van der Waals surface area contributed by atoms with E-state index in [0.717, 1.165) is 111 Å². The van der Waals surface area contributed by atoms with E-state index in [4.69, 9.17) is 34.6 Å². The molecular formula is C82H112Br4O19S7. The maximum Gasteiger partial charge on any atom is 0.329 e. The number of aryl methyl sites for hydroxylation is 6. The molecule has 19 nitrogen and oxygen atoms in total. The van der Waals surface area contributed by atoms with Gasteiger partial charge >= 0.3 is 23.9 Å². The third-order valence-electron chi connectivity index (χ3n) is 19.1. The van der Waals surface area contributed by atoms with Crippen molar-refractivity contribution in [3.05, 3.63) is 168 Å². The third kappa shape index (κ3) is 40.0. The van der Waals surface area contributed by atoms with Crippen LogP contribution in [-0.2, 0) is 41.5 Å². The Morgan fingerprint density at radius 3 is 1.52 bits per heavy atom. The predicted molar refractivity (Wildman–Crippen MR) is 471 cm³/mol. The van der Waals surface area contributed by atoms with E-state index in [0.29, 0.717) is 43.6 Å². The predicted octanol–water partition coefficient (Wildman–Crippen LogP) is 18.4. The number of thiophene rings is 4. The van der Waals surface area contributed by atoms with E-state index in [1.807, 2.05) is 67.0 Å². The molecule has 0 aliphatic heterocycles. The molecule has 0 spiro atoms. The van der Waals surface area contributed by atoms with Crippen molar-refractivity contribution >= 4 is 168 Å². The van der Waals surface area contributed by atoms with E-state index in [2.05, 4.69) is 121 Å². The Morgan fingerprint density at radius 2 is 1.01 bits per heavy atom. The van der Waals surface area contributed by atoms with Crippen LogP contribution in [0.2, 0.25) is 0 Å². The van der Waals surface area contributed by atoms with Gasteiger partial charge in [-0.1, -0.05) is 79.0 Å². The highest BCUT2D eigenvalue weighted by atomic mass is 79.9. The second kappa shape index (κ2) is 55.5. The van der Waals surface area contributed by atoms with Gasteiger partial charge in [0.15, 0.2) is 5.06 Å². The Hall–Kier alpha value is -3.19. The van der Waals surface area contributed by atoms with Gasteiger partial charge in [-0.2, -0.15) is 0 Å². The molecule has 0 bridgehead atoms. The zero-order chi connectivity index (χ0) is 82.1. The minimum atomic E-state index is -1.02. The zero-order valence-electron chi connectivity index (χ0n) is 63.8. The number of aliphatic carboxylic acids is 4. The van der Waals surface area contributed by atoms with Crippen LogP contribution in [0.5, 0.6) is 5.06 Å². The molecule has 16 atom stereocenters. The number of carboxylic acid groups (broad SMARTS) is 4. The number of aliphatic hydroxyl groups is 8. The van der Waals surface area contributed by atoms with Gasteiger partial charge < -0.3 is 75.5 Å². The molecule has 4 saturated carbocycles. The van der Waals surface area contributed by atoms with E-state index in [9.17, 15) is 60.0 Å². The minimum absolute atomic E-state index is 0.0207. The minimum Gasteiger partial charge on any atom is -0.495 e. The number of aliphatic hydroxyl groups excluding tert-OH is 8. The molecule has 0 amide bonds. The molecule has 0 aromatic carbocycles. The molecule has 4 aliphatic rings. The summed E-state index contributed by atoms with van der Waals surface area (Å²) in [6, 6.07) is 8.22. The van der Waals surface area contributed by atoms with Crippen molar-refractivity contribution in [1.82, 2.24) is 0 Å². The van der Waals surface area contributed by atoms with Gasteiger partial charge in [0, 0.05) is 88.7 Å². The summed E-state index contributed by atoms with van der Waals surface area (Å²) < 4.78 is 21.7. The topological polar surface area (TPSA) is 339 Å². The molecule has 624 valence electrons. The Labute approximate surface area is 722 Å². The molecule has 4 unspecified atom stereocenters. The summed E-state index contributed by atoms with van der Waals surface area (Å²) in [5.41, 5.74) is 0. The maximum atomic E-state index is 10.5. The Balaban J connectivity index is 0.000000267. The summed E-state index contributed by atoms with van der Waals surface area (Å²) in [7, 11) is 0. The normalized spacial score (nSPS) is 23.7. The number of halogens is 4. The van der Waals surface area contributed by atoms with Gasteiger partial charge in [0.1, 0.15) is 25.4 Å². The summed E-state index contributed by atoms with van der Waals surface area (Å²) in [6.07, 6.45) is 38.5. The zero-order valence-corrected chi connectivity index (χ0v) is 75.8. The number of carboxylic acids is 4. The average molecular weight is 1950 g/mol. The molecule has 4 fully saturated rings. The first kappa shape index (κ1) is 99.4. The number of thioether (sulfide) groups is 3. The van der Waals surface area contributed by atoms with Crippen molar-refractivity contribution in [3.63, 3.8) is 0 Å². The monoisotopic (exact) mass is 1940 g/mol. The van der Waals surface area contributed by atoms with Crippen molar-refractivity contribution in [3.8, 4) is 5.06 Å². The van der Waals surface area contributed by atoms with Crippen molar-refractivity contribution in [2.45, 2.75) is 221 Å². The van der Waals surface area contributed by atoms with Gasteiger partial charge in [-0.15, -0.1) is 80.6 Å². The van der Waals surface area contributed by atoms with Crippen LogP contribution in [0.25, 0.3) is 0 Å². The lowest BCUT2D eigenvalue weighted by Crippen LogP contribution is -2.26. The third-order valence-corrected chi connectivity index (χ3v) is 31.2. The number of hydrogen-bond donors (Lipinski definition) is 12. The first-order valence-corrected chi connectivity index (χ1v) is 47.4. The number of rotatable bonds is 44. The fourth-order valence-corrected chi connectivity index (χ4v) is 22.2. The molecule has 4 heterocycles. The van der Waals surface area contributed by atoms with Crippen LogP contribution in [0, 0.1) is 63.2 Å². The first-order chi connectivity index (χ1) is 53.5. The highest BCUT2D eigenvalue weighted by Gasteiger charge is 2.37. The van der Waals surface area contributed by atoms with Crippen LogP contribution in [0.15, 0.2) is 143 Å². The second-order valence-electron chi connectivity index (χ2n) is 28.0. The number of carbonyl (C=O) groups is 4. The van der Waals surface area contributed by atoms with E-state index in [1.165, 1.54) is 58.0 Å². The van der Waals surface area contributed by atoms with Crippen LogP contribution >= 0.6 is 144 Å². The van der Waals surface area contributed by atoms with Crippen LogP contribution in [0.3, 0.4) is 0 Å². The molecule has 4 aliphatic carbocycles. The van der Waals surface area contributed by atoms with E-state index in [-0.39, 0.29) is 104 Å². The quantitative estimate of drug-likeness (QED) is 0.00847. The van der Waals surface area contributed by atoms with Crippen LogP contribution in [-0.4, -0.2) is 182 Å². The molecule has 112 heavy (non-hydrogen) atoms. The highest BCUT2D eigenvalue weighted by Crippen LogP contribution is 2.41. The van der Waals surface area contributed by atoms with E-state index in [1.54, 1.807) is 75.8 Å². The molecule has 0 radical (unpaired) electrons. The fourth-order valence-electron chi connectivity index (χ4n) is 12.9. The molecular weight excluding hydrogens is 1830 g/mol. The van der Waals surface area contributed by atoms with Crippen LogP contribution in [0.4, 0.5) is 0 Å². The Morgan fingerprint density at radius 1 is 0.527 bits per heavy atom. The molecule has 0 saturated heterocycles. The van der Waals surface area contributed by atoms with Gasteiger partial charge in [0.05, 0.1) is 65.6 Å². The van der Waals surface area contributed by atoms with Gasteiger partial charge in [-0.05, 0) is 266 Å². The largest absolute Gasteiger partial charge is 0.495 e. The molecule has 4 aromatic heterocycles. The Kier molecular flexibility index (Phi) is 49.3. The van der Waals surface area contributed by atoms with Crippen molar-refractivity contribution in [2.24, 2.45) is 35.5 Å². The molecule has 30 heteroatoms. The summed E-state index contributed by atoms with van der Waals surface area (Å²) in [4.78, 5) is 49.2. The van der Waals surface area contributed by atoms with Crippen molar-refractivity contribution in [1.29, 1.82) is 0 Å². The van der Waals surface area contributed by atoms with Crippen LogP contribution < -0.4 is 4.74 Å². The second-order valence-corrected chi connectivity index (χ2v) is 40.0.